The molecule has 0 fully saturated rings. The van der Waals surface area contributed by atoms with E-state index in [9.17, 15) is 14.0 Å². The second-order valence-electron chi connectivity index (χ2n) is 2.09. The summed E-state index contributed by atoms with van der Waals surface area (Å²) in [5.74, 6) is -2.58. The van der Waals surface area contributed by atoms with Gasteiger partial charge in [-0.25, -0.2) is 9.18 Å². The zero-order valence-electron chi connectivity index (χ0n) is 6.39. The highest BCUT2D eigenvalue weighted by atomic mass is 19.1. The Bertz CT molecular complexity index is 179. The van der Waals surface area contributed by atoms with Crippen molar-refractivity contribution >= 4 is 11.9 Å². The molecule has 5 heteroatoms. The summed E-state index contributed by atoms with van der Waals surface area (Å²) < 4.78 is 17.1. The van der Waals surface area contributed by atoms with Crippen LogP contribution in [0.4, 0.5) is 4.39 Å². The van der Waals surface area contributed by atoms with Crippen LogP contribution in [-0.2, 0) is 14.3 Å². The maximum absolute atomic E-state index is 12.8. The van der Waals surface area contributed by atoms with Crippen molar-refractivity contribution in [2.24, 2.45) is 5.73 Å². The number of nitrogens with two attached hydrogens (primary N) is 1. The van der Waals surface area contributed by atoms with Gasteiger partial charge in [-0.15, -0.1) is 0 Å². The number of hydrogen-bond donors (Lipinski definition) is 1. The highest BCUT2D eigenvalue weighted by Crippen LogP contribution is 2.10. The predicted octanol–water partition coefficient (Wildman–Crippen LogP) is -0.237. The highest BCUT2D eigenvalue weighted by molar-refractivity contribution is 6.04. The van der Waals surface area contributed by atoms with Gasteiger partial charge in [-0.05, 0) is 13.8 Å². The molecule has 11 heavy (non-hydrogen) atoms. The number of esters is 1. The van der Waals surface area contributed by atoms with Crippen molar-refractivity contribution in [2.45, 2.75) is 19.5 Å². The average molecular weight is 163 g/mol. The molecule has 2 N–H and O–H groups in total. The fourth-order valence-electron chi connectivity index (χ4n) is 0.367. The first-order valence-corrected chi connectivity index (χ1v) is 3.09. The minimum absolute atomic E-state index is 0.0195. The number of hydrogen-bond acceptors (Lipinski definition) is 3. The van der Waals surface area contributed by atoms with Crippen molar-refractivity contribution in [1.29, 1.82) is 0 Å². The van der Waals surface area contributed by atoms with E-state index < -0.39 is 17.5 Å². The van der Waals surface area contributed by atoms with Gasteiger partial charge in [0.1, 0.15) is 0 Å². The predicted molar refractivity (Wildman–Crippen MR) is 35.3 cm³/mol. The zero-order valence-corrected chi connectivity index (χ0v) is 6.39. The molecule has 0 saturated carbocycles. The van der Waals surface area contributed by atoms with E-state index in [1.807, 2.05) is 0 Å². The quantitative estimate of drug-likeness (QED) is 0.461. The molecule has 0 aliphatic heterocycles. The molecule has 0 rings (SSSR count). The summed E-state index contributed by atoms with van der Waals surface area (Å²) in [5.41, 5.74) is 1.87. The lowest BCUT2D eigenvalue weighted by molar-refractivity contribution is -0.160. The number of halogens is 1. The van der Waals surface area contributed by atoms with Crippen molar-refractivity contribution < 1.29 is 18.7 Å². The van der Waals surface area contributed by atoms with Crippen molar-refractivity contribution in [3.8, 4) is 0 Å². The van der Waals surface area contributed by atoms with Crippen molar-refractivity contribution in [3.05, 3.63) is 0 Å². The minimum Gasteiger partial charge on any atom is -0.463 e. The molecule has 0 bridgehead atoms. The van der Waals surface area contributed by atoms with Crippen LogP contribution in [0.5, 0.6) is 0 Å². The lowest BCUT2D eigenvalue weighted by Gasteiger charge is -2.13. The van der Waals surface area contributed by atoms with E-state index in [0.717, 1.165) is 6.92 Å². The smallest absolute Gasteiger partial charge is 0.353 e. The summed E-state index contributed by atoms with van der Waals surface area (Å²) in [7, 11) is 0. The van der Waals surface area contributed by atoms with E-state index in [0.29, 0.717) is 0 Å². The van der Waals surface area contributed by atoms with Gasteiger partial charge in [-0.2, -0.15) is 0 Å². The number of carbonyl (C=O) groups is 2. The third kappa shape index (κ3) is 2.18. The van der Waals surface area contributed by atoms with Crippen LogP contribution in [0, 0.1) is 0 Å². The summed E-state index contributed by atoms with van der Waals surface area (Å²) in [6.07, 6.45) is 0. The summed E-state index contributed by atoms with van der Waals surface area (Å²) in [6.45, 7) is 2.30. The van der Waals surface area contributed by atoms with Gasteiger partial charge in [-0.3, -0.25) is 4.79 Å². The van der Waals surface area contributed by atoms with E-state index >= 15 is 0 Å². The Kier molecular flexibility index (Phi) is 2.98. The molecule has 0 radical (unpaired) electrons. The lowest BCUT2D eigenvalue weighted by Crippen LogP contribution is -2.45. The number of ether oxygens (including phenoxy) is 1. The first kappa shape index (κ1) is 9.87. The Balaban J connectivity index is 4.30. The Labute approximate surface area is 63.5 Å². The molecule has 64 valence electrons. The topological polar surface area (TPSA) is 69.4 Å². The fraction of sp³-hybridized carbons (Fsp3) is 0.667. The van der Waals surface area contributed by atoms with Gasteiger partial charge >= 0.3 is 5.97 Å². The van der Waals surface area contributed by atoms with E-state index in [2.05, 4.69) is 10.5 Å². The molecule has 1 amide bonds. The largest absolute Gasteiger partial charge is 0.463 e. The summed E-state index contributed by atoms with van der Waals surface area (Å²) in [4.78, 5) is 20.9. The van der Waals surface area contributed by atoms with Crippen LogP contribution < -0.4 is 5.73 Å². The normalized spacial score (nSPS) is 15.2. The first-order chi connectivity index (χ1) is 4.92. The second-order valence-corrected chi connectivity index (χ2v) is 2.09. The van der Waals surface area contributed by atoms with Crippen LogP contribution in [-0.4, -0.2) is 24.2 Å². The van der Waals surface area contributed by atoms with Gasteiger partial charge < -0.3 is 10.5 Å². The number of primary amides is 1. The molecule has 0 aromatic rings. The van der Waals surface area contributed by atoms with Crippen molar-refractivity contribution in [3.63, 3.8) is 0 Å². The molecule has 0 aromatic heterocycles. The molecular formula is C6H10FNO3. The first-order valence-electron chi connectivity index (χ1n) is 3.09. The number of amides is 1. The molecule has 0 aromatic carbocycles. The van der Waals surface area contributed by atoms with Crippen LogP contribution in [0.25, 0.3) is 0 Å². The zero-order chi connectivity index (χ0) is 9.07. The summed E-state index contributed by atoms with van der Waals surface area (Å²) in [6, 6.07) is 0. The molecule has 0 aliphatic carbocycles. The third-order valence-corrected chi connectivity index (χ3v) is 1.12. The molecule has 0 heterocycles. The van der Waals surface area contributed by atoms with Gasteiger partial charge in [0.05, 0.1) is 6.61 Å². The van der Waals surface area contributed by atoms with Crippen LogP contribution >= 0.6 is 0 Å². The van der Waals surface area contributed by atoms with Gasteiger partial charge in [0, 0.05) is 0 Å². The summed E-state index contributed by atoms with van der Waals surface area (Å²) in [5, 5.41) is 0. The summed E-state index contributed by atoms with van der Waals surface area (Å²) >= 11 is 0. The average Bonchev–Trinajstić information content (AvgIpc) is 1.88. The molecular weight excluding hydrogens is 153 g/mol. The van der Waals surface area contributed by atoms with Crippen LogP contribution in [0.2, 0.25) is 0 Å². The van der Waals surface area contributed by atoms with Crippen molar-refractivity contribution in [2.75, 3.05) is 6.61 Å². The van der Waals surface area contributed by atoms with Crippen LogP contribution in [0.1, 0.15) is 13.8 Å². The molecule has 0 spiro atoms. The molecule has 0 aliphatic rings. The standard InChI is InChI=1S/C6H10FNO3/c1-3-11-5(10)6(2,7)4(8)9/h3H2,1-2H3,(H2,8,9)/t6-/m1/s1. The SMILES string of the molecule is CCOC(=O)[C@](C)(F)C(N)=O. The van der Waals surface area contributed by atoms with Crippen LogP contribution in [0.3, 0.4) is 0 Å². The fourth-order valence-corrected chi connectivity index (χ4v) is 0.367. The van der Waals surface area contributed by atoms with Crippen molar-refractivity contribution in [1.82, 2.24) is 0 Å². The maximum atomic E-state index is 12.8. The van der Waals surface area contributed by atoms with Gasteiger partial charge in [0.2, 0.25) is 0 Å². The van der Waals surface area contributed by atoms with E-state index in [1.165, 1.54) is 6.92 Å². The minimum atomic E-state index is -2.71. The lowest BCUT2D eigenvalue weighted by atomic mass is 10.1. The molecule has 1 atom stereocenters. The van der Waals surface area contributed by atoms with E-state index in [1.54, 1.807) is 0 Å². The second kappa shape index (κ2) is 3.32. The molecule has 4 nitrogen and oxygen atoms in total. The van der Waals surface area contributed by atoms with E-state index in [4.69, 9.17) is 0 Å². The number of alkyl halides is 1. The monoisotopic (exact) mass is 163 g/mol. The van der Waals surface area contributed by atoms with Crippen LogP contribution in [0.15, 0.2) is 0 Å². The Morgan fingerprint density at radius 3 is 2.36 bits per heavy atom. The Morgan fingerprint density at radius 1 is 1.64 bits per heavy atom. The van der Waals surface area contributed by atoms with Gasteiger partial charge in [-0.1, -0.05) is 0 Å². The number of rotatable bonds is 3. The van der Waals surface area contributed by atoms with E-state index in [-0.39, 0.29) is 6.61 Å². The number of carbonyl (C=O) groups excluding carboxylic acids is 2. The third-order valence-electron chi connectivity index (χ3n) is 1.12. The Hall–Kier alpha value is -1.13. The highest BCUT2D eigenvalue weighted by Gasteiger charge is 2.41. The van der Waals surface area contributed by atoms with Gasteiger partial charge in [0.25, 0.3) is 11.6 Å². The van der Waals surface area contributed by atoms with Gasteiger partial charge in [0.15, 0.2) is 0 Å². The Morgan fingerprint density at radius 2 is 2.09 bits per heavy atom. The molecule has 0 unspecified atom stereocenters. The maximum Gasteiger partial charge on any atom is 0.353 e. The molecule has 0 saturated heterocycles.